The molecule has 1 atom stereocenters. The van der Waals surface area contributed by atoms with E-state index in [4.69, 9.17) is 0 Å². The number of hydrogen-bond acceptors (Lipinski definition) is 3. The molecule has 22 heavy (non-hydrogen) atoms. The Morgan fingerprint density at radius 2 is 1.73 bits per heavy atom. The SMILES string of the molecule is CCS(=O)(=O)N1CCC(C(=O)N2CCCCC2C(C)C)CC1. The predicted molar refractivity (Wildman–Crippen MR) is 87.9 cm³/mol. The molecule has 2 heterocycles. The molecule has 2 fully saturated rings. The first-order valence-electron chi connectivity index (χ1n) is 8.65. The van der Waals surface area contributed by atoms with Crippen LogP contribution in [0.3, 0.4) is 0 Å². The Balaban J connectivity index is 1.97. The lowest BCUT2D eigenvalue weighted by Gasteiger charge is -2.41. The smallest absolute Gasteiger partial charge is 0.226 e. The van der Waals surface area contributed by atoms with Gasteiger partial charge in [-0.3, -0.25) is 4.79 Å². The van der Waals surface area contributed by atoms with Gasteiger partial charge in [0, 0.05) is 31.6 Å². The Kier molecular flexibility index (Phi) is 5.88. The van der Waals surface area contributed by atoms with Crippen LogP contribution >= 0.6 is 0 Å². The van der Waals surface area contributed by atoms with E-state index >= 15 is 0 Å². The largest absolute Gasteiger partial charge is 0.339 e. The molecule has 1 unspecified atom stereocenters. The number of nitrogens with zero attached hydrogens (tertiary/aromatic N) is 2. The Labute approximate surface area is 135 Å². The van der Waals surface area contributed by atoms with Crippen LogP contribution in [0.5, 0.6) is 0 Å². The highest BCUT2D eigenvalue weighted by molar-refractivity contribution is 7.89. The Bertz CT molecular complexity index is 482. The van der Waals surface area contributed by atoms with Crippen LogP contribution < -0.4 is 0 Å². The molecule has 0 aromatic heterocycles. The average molecular weight is 330 g/mol. The van der Waals surface area contributed by atoms with Gasteiger partial charge in [-0.25, -0.2) is 12.7 Å². The summed E-state index contributed by atoms with van der Waals surface area (Å²) < 4.78 is 25.4. The van der Waals surface area contributed by atoms with Crippen molar-refractivity contribution in [2.75, 3.05) is 25.4 Å². The van der Waals surface area contributed by atoms with E-state index in [1.54, 1.807) is 11.2 Å². The zero-order chi connectivity index (χ0) is 16.3. The predicted octanol–water partition coefficient (Wildman–Crippen LogP) is 2.09. The maximum Gasteiger partial charge on any atom is 0.226 e. The molecule has 128 valence electrons. The number of carbonyl (C=O) groups is 1. The first kappa shape index (κ1) is 17.7. The molecule has 2 aliphatic heterocycles. The summed E-state index contributed by atoms with van der Waals surface area (Å²) in [5.74, 6) is 0.895. The first-order chi connectivity index (χ1) is 10.4. The van der Waals surface area contributed by atoms with Gasteiger partial charge in [0.05, 0.1) is 5.75 Å². The normalized spacial score (nSPS) is 25.6. The van der Waals surface area contributed by atoms with Crippen LogP contribution in [-0.2, 0) is 14.8 Å². The summed E-state index contributed by atoms with van der Waals surface area (Å²) in [5.41, 5.74) is 0. The molecule has 6 heteroatoms. The third-order valence-corrected chi connectivity index (χ3v) is 7.04. The van der Waals surface area contributed by atoms with Crippen molar-refractivity contribution in [3.05, 3.63) is 0 Å². The van der Waals surface area contributed by atoms with E-state index in [1.165, 1.54) is 6.42 Å². The second kappa shape index (κ2) is 7.30. The lowest BCUT2D eigenvalue weighted by atomic mass is 9.89. The minimum absolute atomic E-state index is 0.00246. The quantitative estimate of drug-likeness (QED) is 0.793. The average Bonchev–Trinajstić information content (AvgIpc) is 2.54. The molecule has 0 aromatic carbocycles. The van der Waals surface area contributed by atoms with Crippen LogP contribution in [0.25, 0.3) is 0 Å². The van der Waals surface area contributed by atoms with Gasteiger partial charge in [0.15, 0.2) is 0 Å². The molecule has 2 saturated heterocycles. The summed E-state index contributed by atoms with van der Waals surface area (Å²) in [4.78, 5) is 14.9. The number of rotatable bonds is 4. The highest BCUT2D eigenvalue weighted by atomic mass is 32.2. The molecule has 0 radical (unpaired) electrons. The lowest BCUT2D eigenvalue weighted by Crippen LogP contribution is -2.51. The molecular formula is C16H30N2O3S. The van der Waals surface area contributed by atoms with Crippen molar-refractivity contribution in [2.24, 2.45) is 11.8 Å². The van der Waals surface area contributed by atoms with Crippen LogP contribution in [0.2, 0.25) is 0 Å². The minimum atomic E-state index is -3.11. The Hall–Kier alpha value is -0.620. The van der Waals surface area contributed by atoms with E-state index < -0.39 is 10.0 Å². The maximum atomic E-state index is 12.9. The summed E-state index contributed by atoms with van der Waals surface area (Å²) in [5, 5.41) is 0. The fraction of sp³-hybridized carbons (Fsp3) is 0.938. The minimum Gasteiger partial charge on any atom is -0.339 e. The van der Waals surface area contributed by atoms with Crippen molar-refractivity contribution in [1.82, 2.24) is 9.21 Å². The standard InChI is InChI=1S/C16H30N2O3S/c1-4-22(20,21)17-11-8-14(9-12-17)16(19)18-10-6-5-7-15(18)13(2)3/h13-15H,4-12H2,1-3H3. The number of amides is 1. The summed E-state index contributed by atoms with van der Waals surface area (Å²) in [6.45, 7) is 7.90. The van der Waals surface area contributed by atoms with Crippen molar-refractivity contribution in [3.8, 4) is 0 Å². The second-order valence-electron chi connectivity index (χ2n) is 6.91. The van der Waals surface area contributed by atoms with Gasteiger partial charge in [0.1, 0.15) is 0 Å². The van der Waals surface area contributed by atoms with Crippen molar-refractivity contribution >= 4 is 15.9 Å². The van der Waals surface area contributed by atoms with Crippen LogP contribution in [0.1, 0.15) is 52.9 Å². The zero-order valence-corrected chi connectivity index (χ0v) is 14.9. The fourth-order valence-electron chi connectivity index (χ4n) is 3.72. The number of sulfonamides is 1. The molecule has 2 rings (SSSR count). The molecule has 2 aliphatic rings. The van der Waals surface area contributed by atoms with Crippen molar-refractivity contribution in [2.45, 2.75) is 58.9 Å². The van der Waals surface area contributed by atoms with Gasteiger partial charge in [0.25, 0.3) is 0 Å². The number of carbonyl (C=O) groups excluding carboxylic acids is 1. The maximum absolute atomic E-state index is 12.9. The number of likely N-dealkylation sites (tertiary alicyclic amines) is 1. The van der Waals surface area contributed by atoms with E-state index in [2.05, 4.69) is 18.7 Å². The molecule has 0 N–H and O–H groups in total. The third kappa shape index (κ3) is 3.82. The fourth-order valence-corrected chi connectivity index (χ4v) is 4.85. The highest BCUT2D eigenvalue weighted by Crippen LogP contribution is 2.28. The Morgan fingerprint density at radius 3 is 2.27 bits per heavy atom. The molecule has 0 bridgehead atoms. The van der Waals surface area contributed by atoms with E-state index in [0.717, 1.165) is 19.4 Å². The molecule has 0 aliphatic carbocycles. The van der Waals surface area contributed by atoms with Crippen LogP contribution in [0.15, 0.2) is 0 Å². The number of piperidine rings is 2. The van der Waals surface area contributed by atoms with Crippen LogP contribution in [0, 0.1) is 11.8 Å². The number of hydrogen-bond donors (Lipinski definition) is 0. The third-order valence-electron chi connectivity index (χ3n) is 5.16. The topological polar surface area (TPSA) is 57.7 Å². The van der Waals surface area contributed by atoms with Gasteiger partial charge in [0.2, 0.25) is 15.9 Å². The van der Waals surface area contributed by atoms with Gasteiger partial charge in [-0.15, -0.1) is 0 Å². The molecule has 5 nitrogen and oxygen atoms in total. The summed E-state index contributed by atoms with van der Waals surface area (Å²) in [6.07, 6.45) is 4.74. The van der Waals surface area contributed by atoms with E-state index in [1.807, 2.05) is 0 Å². The van der Waals surface area contributed by atoms with Crippen LogP contribution in [0.4, 0.5) is 0 Å². The molecule has 1 amide bonds. The molecule has 0 saturated carbocycles. The summed E-state index contributed by atoms with van der Waals surface area (Å²) >= 11 is 0. The van der Waals surface area contributed by atoms with E-state index in [9.17, 15) is 13.2 Å². The molecule has 0 aromatic rings. The summed E-state index contributed by atoms with van der Waals surface area (Å²) in [6, 6.07) is 0.360. The van der Waals surface area contributed by atoms with Gasteiger partial charge in [-0.1, -0.05) is 13.8 Å². The van der Waals surface area contributed by atoms with Crippen molar-refractivity contribution in [1.29, 1.82) is 0 Å². The van der Waals surface area contributed by atoms with Crippen molar-refractivity contribution < 1.29 is 13.2 Å². The van der Waals surface area contributed by atoms with Gasteiger partial charge in [-0.2, -0.15) is 0 Å². The van der Waals surface area contributed by atoms with Gasteiger partial charge >= 0.3 is 0 Å². The summed E-state index contributed by atoms with van der Waals surface area (Å²) in [7, 11) is -3.11. The highest BCUT2D eigenvalue weighted by Gasteiger charge is 2.36. The monoisotopic (exact) mass is 330 g/mol. The van der Waals surface area contributed by atoms with Gasteiger partial charge < -0.3 is 4.90 Å². The molecular weight excluding hydrogens is 300 g/mol. The first-order valence-corrected chi connectivity index (χ1v) is 10.3. The van der Waals surface area contributed by atoms with Crippen LogP contribution in [-0.4, -0.2) is 55.0 Å². The van der Waals surface area contributed by atoms with E-state index in [-0.39, 0.29) is 17.6 Å². The molecule has 0 spiro atoms. The lowest BCUT2D eigenvalue weighted by molar-refractivity contribution is -0.141. The van der Waals surface area contributed by atoms with Gasteiger partial charge in [-0.05, 0) is 44.9 Å². The van der Waals surface area contributed by atoms with E-state index in [0.29, 0.717) is 37.9 Å². The zero-order valence-electron chi connectivity index (χ0n) is 14.1. The second-order valence-corrected chi connectivity index (χ2v) is 9.17. The van der Waals surface area contributed by atoms with Crippen molar-refractivity contribution in [3.63, 3.8) is 0 Å². The Morgan fingerprint density at radius 1 is 1.09 bits per heavy atom.